The molecule has 13 nitrogen and oxygen atoms in total. The first kappa shape index (κ1) is 27.0. The molecule has 0 aliphatic rings. The van der Waals surface area contributed by atoms with Gasteiger partial charge in [0, 0.05) is 24.7 Å². The van der Waals surface area contributed by atoms with Crippen LogP contribution in [0, 0.1) is 0 Å². The van der Waals surface area contributed by atoms with Crippen molar-refractivity contribution in [3.63, 3.8) is 0 Å². The van der Waals surface area contributed by atoms with Gasteiger partial charge in [-0.3, -0.25) is 9.59 Å². The number of aromatic nitrogens is 4. The number of carboxylic acids is 1. The van der Waals surface area contributed by atoms with Crippen LogP contribution in [0.5, 0.6) is 0 Å². The van der Waals surface area contributed by atoms with Crippen molar-refractivity contribution < 1.29 is 24.2 Å². The maximum atomic E-state index is 12.6. The number of amides is 1. The average Bonchev–Trinajstić information content (AvgIpc) is 2.80. The second-order valence-corrected chi connectivity index (χ2v) is 9.39. The fraction of sp³-hybridized carbons (Fsp3) is 0.375. The van der Waals surface area contributed by atoms with Gasteiger partial charge in [-0.05, 0) is 51.5 Å². The molecule has 1 amide bonds. The van der Waals surface area contributed by atoms with E-state index in [1.807, 2.05) is 11.9 Å². The van der Waals surface area contributed by atoms with Gasteiger partial charge in [-0.2, -0.15) is 9.97 Å². The van der Waals surface area contributed by atoms with E-state index in [9.17, 15) is 19.5 Å². The molecule has 13 heteroatoms. The van der Waals surface area contributed by atoms with Gasteiger partial charge in [0.05, 0.1) is 18.4 Å². The topological polar surface area (TPSA) is 200 Å². The van der Waals surface area contributed by atoms with Crippen molar-refractivity contribution in [2.75, 3.05) is 23.4 Å². The lowest BCUT2D eigenvalue weighted by Gasteiger charge is -2.21. The molecule has 0 saturated heterocycles. The Hall–Kier alpha value is -4.55. The summed E-state index contributed by atoms with van der Waals surface area (Å²) in [5.74, 6) is -2.18. The molecule has 0 aliphatic heterocycles. The fourth-order valence-corrected chi connectivity index (χ4v) is 3.41. The minimum absolute atomic E-state index is 0.0195. The van der Waals surface area contributed by atoms with E-state index >= 15 is 0 Å². The number of esters is 1. The zero-order valence-electron chi connectivity index (χ0n) is 21.1. The zero-order chi connectivity index (χ0) is 27.3. The Bertz CT molecular complexity index is 1310. The number of rotatable bonds is 9. The summed E-state index contributed by atoms with van der Waals surface area (Å²) >= 11 is 0. The van der Waals surface area contributed by atoms with Gasteiger partial charge in [0.2, 0.25) is 5.95 Å². The molecule has 1 aromatic carbocycles. The van der Waals surface area contributed by atoms with Crippen LogP contribution >= 0.6 is 0 Å². The minimum Gasteiger partial charge on any atom is -0.480 e. The Morgan fingerprint density at radius 1 is 1.11 bits per heavy atom. The highest BCUT2D eigenvalue weighted by atomic mass is 16.6. The highest BCUT2D eigenvalue weighted by molar-refractivity contribution is 5.97. The van der Waals surface area contributed by atoms with Crippen molar-refractivity contribution in [1.29, 1.82) is 0 Å². The van der Waals surface area contributed by atoms with Gasteiger partial charge in [-0.1, -0.05) is 0 Å². The van der Waals surface area contributed by atoms with Crippen LogP contribution in [-0.4, -0.2) is 61.6 Å². The lowest BCUT2D eigenvalue weighted by molar-refractivity contribution is -0.155. The van der Waals surface area contributed by atoms with Crippen molar-refractivity contribution in [2.45, 2.75) is 51.8 Å². The first-order valence-corrected chi connectivity index (χ1v) is 11.4. The van der Waals surface area contributed by atoms with Crippen LogP contribution in [0.25, 0.3) is 11.2 Å². The maximum absolute atomic E-state index is 12.6. The number of fused-ring (bicyclic) bond motifs is 1. The molecular weight excluding hydrogens is 480 g/mol. The lowest BCUT2D eigenvalue weighted by atomic mass is 10.1. The normalized spacial score (nSPS) is 12.1. The summed E-state index contributed by atoms with van der Waals surface area (Å²) in [4.78, 5) is 54.6. The fourth-order valence-electron chi connectivity index (χ4n) is 3.41. The Balaban J connectivity index is 1.62. The summed E-state index contributed by atoms with van der Waals surface area (Å²) in [6.45, 7) is 5.54. The van der Waals surface area contributed by atoms with Crippen LogP contribution in [0.4, 0.5) is 17.5 Å². The number of carbonyl (C=O) groups is 3. The average molecular weight is 511 g/mol. The van der Waals surface area contributed by atoms with Crippen molar-refractivity contribution in [3.05, 3.63) is 41.7 Å². The Labute approximate surface area is 213 Å². The lowest BCUT2D eigenvalue weighted by Crippen LogP contribution is -2.41. The van der Waals surface area contributed by atoms with Gasteiger partial charge in [0.1, 0.15) is 11.6 Å². The number of nitrogens with zero attached hydrogens (tertiary/aromatic N) is 5. The molecule has 0 spiro atoms. The standard InChI is InChI=1S/C24H30N8O5/c1-24(2,3)37-17(33)10-9-16(22(35)36)29-21(34)13-5-7-15(8-6-13)32(4)12-14-11-27-20-18(28-14)19(25)30-23(26)31-20/h5-8,11,16H,9-10,12H2,1-4H3,(H,29,34)(H,35,36)(H4,25,26,27,30,31)/t16-/m1/s1. The van der Waals surface area contributed by atoms with Gasteiger partial charge in [0.25, 0.3) is 5.91 Å². The molecular formula is C24H30N8O5. The van der Waals surface area contributed by atoms with E-state index in [0.717, 1.165) is 5.69 Å². The van der Waals surface area contributed by atoms with E-state index in [-0.39, 0.29) is 30.2 Å². The van der Waals surface area contributed by atoms with Gasteiger partial charge in [0.15, 0.2) is 17.0 Å². The Morgan fingerprint density at radius 2 is 1.78 bits per heavy atom. The molecule has 0 fully saturated rings. The molecule has 0 aliphatic carbocycles. The van der Waals surface area contributed by atoms with Crippen molar-refractivity contribution in [2.24, 2.45) is 0 Å². The van der Waals surface area contributed by atoms with Crippen LogP contribution in [0.15, 0.2) is 30.5 Å². The Kier molecular flexibility index (Phi) is 8.05. The van der Waals surface area contributed by atoms with Crippen LogP contribution < -0.4 is 21.7 Å². The quantitative estimate of drug-likeness (QED) is 0.303. The van der Waals surface area contributed by atoms with E-state index < -0.39 is 29.5 Å². The number of nitrogens with one attached hydrogen (secondary N) is 1. The number of nitrogen functional groups attached to an aromatic ring is 2. The van der Waals surface area contributed by atoms with Gasteiger partial charge in [-0.15, -0.1) is 0 Å². The van der Waals surface area contributed by atoms with E-state index in [4.69, 9.17) is 16.2 Å². The van der Waals surface area contributed by atoms with E-state index in [1.165, 1.54) is 0 Å². The van der Waals surface area contributed by atoms with Crippen LogP contribution in [0.2, 0.25) is 0 Å². The van der Waals surface area contributed by atoms with Crippen LogP contribution in [-0.2, 0) is 20.9 Å². The SMILES string of the molecule is CN(Cc1cnc2nc(N)nc(N)c2n1)c1ccc(C(=O)N[C@H](CCC(=O)OC(C)(C)C)C(=O)O)cc1. The summed E-state index contributed by atoms with van der Waals surface area (Å²) in [5, 5.41) is 11.9. The summed E-state index contributed by atoms with van der Waals surface area (Å²) in [5.41, 5.74) is 13.1. The Morgan fingerprint density at radius 3 is 2.41 bits per heavy atom. The molecule has 0 radical (unpaired) electrons. The third-order valence-electron chi connectivity index (χ3n) is 5.13. The molecule has 0 unspecified atom stereocenters. The summed E-state index contributed by atoms with van der Waals surface area (Å²) < 4.78 is 5.19. The van der Waals surface area contributed by atoms with E-state index in [2.05, 4.69) is 25.3 Å². The monoisotopic (exact) mass is 510 g/mol. The van der Waals surface area contributed by atoms with E-state index in [0.29, 0.717) is 23.4 Å². The third-order valence-corrected chi connectivity index (χ3v) is 5.13. The number of benzene rings is 1. The predicted octanol–water partition coefficient (Wildman–Crippen LogP) is 1.53. The number of carbonyl (C=O) groups excluding carboxylic acids is 2. The van der Waals surface area contributed by atoms with Gasteiger partial charge < -0.3 is 31.5 Å². The molecule has 6 N–H and O–H groups in total. The molecule has 0 saturated carbocycles. The summed E-state index contributed by atoms with van der Waals surface area (Å²) in [6.07, 6.45) is 1.34. The van der Waals surface area contributed by atoms with Gasteiger partial charge >= 0.3 is 11.9 Å². The largest absolute Gasteiger partial charge is 0.480 e. The number of nitrogens with two attached hydrogens (primary N) is 2. The highest BCUT2D eigenvalue weighted by Crippen LogP contribution is 2.19. The van der Waals surface area contributed by atoms with Crippen LogP contribution in [0.3, 0.4) is 0 Å². The zero-order valence-corrected chi connectivity index (χ0v) is 21.1. The smallest absolute Gasteiger partial charge is 0.326 e. The van der Waals surface area contributed by atoms with E-state index in [1.54, 1.807) is 51.2 Å². The molecule has 196 valence electrons. The second kappa shape index (κ2) is 11.0. The molecule has 0 bridgehead atoms. The summed E-state index contributed by atoms with van der Waals surface area (Å²) in [6, 6.07) is 5.36. The molecule has 1 atom stereocenters. The summed E-state index contributed by atoms with van der Waals surface area (Å²) in [7, 11) is 1.83. The number of ether oxygens (including phenoxy) is 1. The number of anilines is 3. The predicted molar refractivity (Wildman–Crippen MR) is 136 cm³/mol. The number of hydrogen-bond acceptors (Lipinski definition) is 11. The molecule has 2 aromatic heterocycles. The first-order chi connectivity index (χ1) is 17.3. The highest BCUT2D eigenvalue weighted by Gasteiger charge is 2.24. The number of carboxylic acid groups (broad SMARTS) is 1. The van der Waals surface area contributed by atoms with Crippen molar-refractivity contribution >= 4 is 46.5 Å². The number of hydrogen-bond donors (Lipinski definition) is 4. The maximum Gasteiger partial charge on any atom is 0.326 e. The third kappa shape index (κ3) is 7.46. The number of aliphatic carboxylic acids is 1. The van der Waals surface area contributed by atoms with Crippen molar-refractivity contribution in [3.8, 4) is 0 Å². The second-order valence-electron chi connectivity index (χ2n) is 9.39. The minimum atomic E-state index is -1.24. The molecule has 3 aromatic rings. The van der Waals surface area contributed by atoms with Crippen LogP contribution in [0.1, 0.15) is 49.7 Å². The molecule has 2 heterocycles. The van der Waals surface area contributed by atoms with Crippen molar-refractivity contribution in [1.82, 2.24) is 25.3 Å². The van der Waals surface area contributed by atoms with Gasteiger partial charge in [-0.25, -0.2) is 14.8 Å². The molecule has 37 heavy (non-hydrogen) atoms. The molecule has 3 rings (SSSR count). The first-order valence-electron chi connectivity index (χ1n) is 11.4.